The van der Waals surface area contributed by atoms with E-state index < -0.39 is 12.0 Å². The van der Waals surface area contributed by atoms with Gasteiger partial charge in [-0.05, 0) is 29.9 Å². The molecule has 1 heterocycles. The molecule has 5 nitrogen and oxygen atoms in total. The fraction of sp³-hybridized carbons (Fsp3) is 0.500. The number of carboxylic acids is 1. The number of urea groups is 1. The summed E-state index contributed by atoms with van der Waals surface area (Å²) in [6.07, 6.45) is 0.937. The van der Waals surface area contributed by atoms with Gasteiger partial charge in [0.05, 0.1) is 0 Å². The zero-order valence-electron chi connectivity index (χ0n) is 12.7. The molecule has 1 aromatic carbocycles. The first-order valence-electron chi connectivity index (χ1n) is 7.29. The quantitative estimate of drug-likeness (QED) is 0.898. The van der Waals surface area contributed by atoms with Gasteiger partial charge in [0.2, 0.25) is 0 Å². The van der Waals surface area contributed by atoms with E-state index in [2.05, 4.69) is 12.2 Å². The number of nitrogens with one attached hydrogen (secondary N) is 1. The van der Waals surface area contributed by atoms with Crippen molar-refractivity contribution < 1.29 is 14.7 Å². The van der Waals surface area contributed by atoms with Crippen LogP contribution in [0.3, 0.4) is 0 Å². The molecule has 2 amide bonds. The summed E-state index contributed by atoms with van der Waals surface area (Å²) in [6.45, 7) is 6.26. The molecule has 0 bridgehead atoms. The van der Waals surface area contributed by atoms with Crippen LogP contribution in [0, 0.1) is 11.8 Å². The van der Waals surface area contributed by atoms with E-state index in [1.165, 1.54) is 0 Å². The summed E-state index contributed by atoms with van der Waals surface area (Å²) in [5.74, 6) is -0.812. The summed E-state index contributed by atoms with van der Waals surface area (Å²) >= 11 is 0. The van der Waals surface area contributed by atoms with Crippen LogP contribution in [0.15, 0.2) is 24.3 Å². The number of rotatable bonds is 3. The van der Waals surface area contributed by atoms with E-state index in [0.29, 0.717) is 12.5 Å². The molecule has 0 fully saturated rings. The first kappa shape index (κ1) is 15.4. The highest BCUT2D eigenvalue weighted by Gasteiger charge is 2.30. The van der Waals surface area contributed by atoms with Crippen molar-refractivity contribution in [2.75, 3.05) is 11.4 Å². The van der Waals surface area contributed by atoms with Gasteiger partial charge in [-0.1, -0.05) is 39.0 Å². The fourth-order valence-corrected chi connectivity index (χ4v) is 2.71. The van der Waals surface area contributed by atoms with Crippen LogP contribution < -0.4 is 10.2 Å². The predicted molar refractivity (Wildman–Crippen MR) is 81.4 cm³/mol. The molecule has 0 aliphatic carbocycles. The average molecular weight is 290 g/mol. The smallest absolute Gasteiger partial charge is 0.326 e. The molecule has 21 heavy (non-hydrogen) atoms. The van der Waals surface area contributed by atoms with Crippen molar-refractivity contribution in [2.45, 2.75) is 33.2 Å². The van der Waals surface area contributed by atoms with Crippen LogP contribution in [0.1, 0.15) is 26.3 Å². The number of carboxylic acid groups (broad SMARTS) is 1. The molecule has 0 saturated heterocycles. The van der Waals surface area contributed by atoms with Crippen molar-refractivity contribution in [3.63, 3.8) is 0 Å². The van der Waals surface area contributed by atoms with Gasteiger partial charge < -0.3 is 10.4 Å². The molecule has 0 saturated carbocycles. The summed E-state index contributed by atoms with van der Waals surface area (Å²) < 4.78 is 0. The number of anilines is 1. The Morgan fingerprint density at radius 1 is 1.33 bits per heavy atom. The van der Waals surface area contributed by atoms with Gasteiger partial charge in [0.1, 0.15) is 6.04 Å². The zero-order valence-corrected chi connectivity index (χ0v) is 12.7. The molecule has 1 aromatic rings. The first-order valence-corrected chi connectivity index (χ1v) is 7.29. The number of hydrogen-bond acceptors (Lipinski definition) is 2. The molecule has 0 aromatic heterocycles. The Bertz CT molecular complexity index is 542. The second kappa shape index (κ2) is 6.16. The highest BCUT2D eigenvalue weighted by atomic mass is 16.4. The maximum absolute atomic E-state index is 12.5. The Kier molecular flexibility index (Phi) is 4.50. The Morgan fingerprint density at radius 3 is 2.62 bits per heavy atom. The van der Waals surface area contributed by atoms with Gasteiger partial charge in [-0.25, -0.2) is 9.59 Å². The maximum Gasteiger partial charge on any atom is 0.326 e. The number of benzene rings is 1. The third-order valence-corrected chi connectivity index (χ3v) is 3.80. The van der Waals surface area contributed by atoms with Gasteiger partial charge in [-0.15, -0.1) is 0 Å². The maximum atomic E-state index is 12.5. The number of nitrogens with zero attached hydrogens (tertiary/aromatic N) is 1. The highest BCUT2D eigenvalue weighted by molar-refractivity contribution is 5.95. The SMILES string of the molecule is CC1Cc2ccccc2N(C(=O)NC(C(=O)O)C(C)C)C1. The second-order valence-corrected chi connectivity index (χ2v) is 6.06. The number of amides is 2. The topological polar surface area (TPSA) is 69.6 Å². The number of para-hydroxylation sites is 1. The summed E-state index contributed by atoms with van der Waals surface area (Å²) in [4.78, 5) is 25.4. The molecule has 2 N–H and O–H groups in total. The van der Waals surface area contributed by atoms with Gasteiger partial charge in [-0.2, -0.15) is 0 Å². The van der Waals surface area contributed by atoms with Crippen molar-refractivity contribution in [1.82, 2.24) is 5.32 Å². The van der Waals surface area contributed by atoms with Crippen LogP contribution >= 0.6 is 0 Å². The van der Waals surface area contributed by atoms with Gasteiger partial charge in [0.15, 0.2) is 0 Å². The standard InChI is InChI=1S/C16H22N2O3/c1-10(2)14(15(19)20)17-16(21)18-9-11(3)8-12-6-4-5-7-13(12)18/h4-7,10-11,14H,8-9H2,1-3H3,(H,17,21)(H,19,20). The second-order valence-electron chi connectivity index (χ2n) is 6.06. The van der Waals surface area contributed by atoms with Gasteiger partial charge in [0, 0.05) is 12.2 Å². The lowest BCUT2D eigenvalue weighted by Gasteiger charge is -2.34. The summed E-state index contributed by atoms with van der Waals surface area (Å²) in [7, 11) is 0. The Balaban J connectivity index is 2.21. The largest absolute Gasteiger partial charge is 0.480 e. The average Bonchev–Trinajstić information content (AvgIpc) is 2.42. The molecular formula is C16H22N2O3. The van der Waals surface area contributed by atoms with Crippen molar-refractivity contribution in [1.29, 1.82) is 0 Å². The lowest BCUT2D eigenvalue weighted by molar-refractivity contribution is -0.140. The van der Waals surface area contributed by atoms with Crippen LogP contribution in [0.25, 0.3) is 0 Å². The molecule has 0 spiro atoms. The minimum absolute atomic E-state index is 0.163. The van der Waals surface area contributed by atoms with Crippen molar-refractivity contribution in [3.05, 3.63) is 29.8 Å². The van der Waals surface area contributed by atoms with E-state index in [0.717, 1.165) is 17.7 Å². The number of hydrogen-bond donors (Lipinski definition) is 2. The lowest BCUT2D eigenvalue weighted by Crippen LogP contribution is -2.52. The Hall–Kier alpha value is -2.04. The summed E-state index contributed by atoms with van der Waals surface area (Å²) in [6, 6.07) is 6.57. The number of carbonyl (C=O) groups is 2. The summed E-state index contributed by atoms with van der Waals surface area (Å²) in [5.41, 5.74) is 2.00. The van der Waals surface area contributed by atoms with E-state index in [9.17, 15) is 14.7 Å². The zero-order chi connectivity index (χ0) is 15.6. The predicted octanol–water partition coefficient (Wildman–Crippen LogP) is 2.50. The van der Waals surface area contributed by atoms with Crippen LogP contribution in [-0.2, 0) is 11.2 Å². The molecule has 0 radical (unpaired) electrons. The van der Waals surface area contributed by atoms with E-state index in [4.69, 9.17) is 0 Å². The molecule has 2 unspecified atom stereocenters. The van der Waals surface area contributed by atoms with E-state index in [1.807, 2.05) is 24.3 Å². The molecule has 1 aliphatic rings. The number of fused-ring (bicyclic) bond motifs is 1. The molecule has 5 heteroatoms. The Labute approximate surface area is 125 Å². The van der Waals surface area contributed by atoms with Crippen LogP contribution in [0.5, 0.6) is 0 Å². The normalized spacial score (nSPS) is 19.0. The Morgan fingerprint density at radius 2 is 2.00 bits per heavy atom. The molecular weight excluding hydrogens is 268 g/mol. The van der Waals surface area contributed by atoms with Crippen LogP contribution in [0.4, 0.5) is 10.5 Å². The van der Waals surface area contributed by atoms with E-state index in [-0.39, 0.29) is 11.9 Å². The van der Waals surface area contributed by atoms with E-state index >= 15 is 0 Å². The van der Waals surface area contributed by atoms with E-state index in [1.54, 1.807) is 18.7 Å². The monoisotopic (exact) mass is 290 g/mol. The lowest BCUT2D eigenvalue weighted by atomic mass is 9.94. The molecule has 1 aliphatic heterocycles. The minimum Gasteiger partial charge on any atom is -0.480 e. The molecule has 2 atom stereocenters. The first-order chi connectivity index (χ1) is 9.90. The highest BCUT2D eigenvalue weighted by Crippen LogP contribution is 2.29. The third-order valence-electron chi connectivity index (χ3n) is 3.80. The van der Waals surface area contributed by atoms with Crippen LogP contribution in [-0.4, -0.2) is 29.7 Å². The van der Waals surface area contributed by atoms with Gasteiger partial charge in [-0.3, -0.25) is 4.90 Å². The van der Waals surface area contributed by atoms with Crippen molar-refractivity contribution >= 4 is 17.7 Å². The third kappa shape index (κ3) is 3.35. The molecule has 2 rings (SSSR count). The summed E-state index contributed by atoms with van der Waals surface area (Å²) in [5, 5.41) is 11.8. The fourth-order valence-electron chi connectivity index (χ4n) is 2.71. The molecule has 114 valence electrons. The van der Waals surface area contributed by atoms with Crippen molar-refractivity contribution in [3.8, 4) is 0 Å². The van der Waals surface area contributed by atoms with Crippen molar-refractivity contribution in [2.24, 2.45) is 11.8 Å². The van der Waals surface area contributed by atoms with Gasteiger partial charge >= 0.3 is 12.0 Å². The number of carbonyl (C=O) groups excluding carboxylic acids is 1. The van der Waals surface area contributed by atoms with Crippen LogP contribution in [0.2, 0.25) is 0 Å². The number of aliphatic carboxylic acids is 1. The van der Waals surface area contributed by atoms with Gasteiger partial charge in [0.25, 0.3) is 0 Å². The minimum atomic E-state index is -1.00.